The summed E-state index contributed by atoms with van der Waals surface area (Å²) >= 11 is 1.53. The van der Waals surface area contributed by atoms with E-state index in [4.69, 9.17) is 0 Å². The number of carbonyl (C=O) groups is 1. The lowest BCUT2D eigenvalue weighted by Crippen LogP contribution is -2.26. The summed E-state index contributed by atoms with van der Waals surface area (Å²) in [7, 11) is 0. The summed E-state index contributed by atoms with van der Waals surface area (Å²) in [6, 6.07) is 0. The number of hydrogen-bond acceptors (Lipinski definition) is 3. The van der Waals surface area contributed by atoms with Crippen LogP contribution in [0.25, 0.3) is 0 Å². The van der Waals surface area contributed by atoms with Gasteiger partial charge in [-0.2, -0.15) is 0 Å². The van der Waals surface area contributed by atoms with Crippen molar-refractivity contribution in [1.29, 1.82) is 0 Å². The normalized spacial score (nSPS) is 10.4. The van der Waals surface area contributed by atoms with Crippen molar-refractivity contribution in [3.63, 3.8) is 0 Å². The highest BCUT2D eigenvalue weighted by molar-refractivity contribution is 7.07. The maximum Gasteiger partial charge on any atom is 0.226 e. The van der Waals surface area contributed by atoms with Gasteiger partial charge < -0.3 is 5.32 Å². The molecule has 0 bridgehead atoms. The van der Waals surface area contributed by atoms with Crippen LogP contribution in [0.3, 0.4) is 0 Å². The number of carbonyl (C=O) groups excluding carboxylic acids is 1. The fraction of sp³-hybridized carbons (Fsp3) is 0.692. The van der Waals surface area contributed by atoms with Gasteiger partial charge in [0.15, 0.2) is 0 Å². The van der Waals surface area contributed by atoms with E-state index in [2.05, 4.69) is 17.2 Å². The van der Waals surface area contributed by atoms with Crippen LogP contribution in [0.4, 0.5) is 0 Å². The first-order chi connectivity index (χ1) is 8.33. The van der Waals surface area contributed by atoms with Crippen LogP contribution < -0.4 is 5.32 Å². The fourth-order valence-corrected chi connectivity index (χ4v) is 2.24. The van der Waals surface area contributed by atoms with Crippen LogP contribution in [0.2, 0.25) is 0 Å². The van der Waals surface area contributed by atoms with Crippen molar-refractivity contribution in [2.75, 3.05) is 6.54 Å². The number of aromatic nitrogens is 1. The average Bonchev–Trinajstić information content (AvgIpc) is 2.80. The van der Waals surface area contributed by atoms with Gasteiger partial charge in [0.05, 0.1) is 17.6 Å². The molecule has 0 aliphatic heterocycles. The monoisotopic (exact) mass is 254 g/mol. The minimum atomic E-state index is 0.0875. The molecule has 0 saturated carbocycles. The average molecular weight is 254 g/mol. The molecule has 1 aromatic heterocycles. The third kappa shape index (κ3) is 7.10. The molecule has 3 nitrogen and oxygen atoms in total. The second kappa shape index (κ2) is 9.16. The van der Waals surface area contributed by atoms with Crippen LogP contribution in [0.1, 0.15) is 51.1 Å². The van der Waals surface area contributed by atoms with Gasteiger partial charge in [0.25, 0.3) is 0 Å². The topological polar surface area (TPSA) is 42.0 Å². The number of nitrogens with one attached hydrogen (secondary N) is 1. The molecule has 1 aromatic rings. The SMILES string of the molecule is CCCCCCCCNC(=O)Cc1cscn1. The van der Waals surface area contributed by atoms with E-state index in [0.29, 0.717) is 6.42 Å². The van der Waals surface area contributed by atoms with Crippen LogP contribution in [-0.2, 0) is 11.2 Å². The number of thiazole rings is 1. The van der Waals surface area contributed by atoms with Crippen molar-refractivity contribution in [3.8, 4) is 0 Å². The van der Waals surface area contributed by atoms with E-state index < -0.39 is 0 Å². The molecule has 4 heteroatoms. The molecule has 1 amide bonds. The zero-order chi connectivity index (χ0) is 12.3. The molecule has 17 heavy (non-hydrogen) atoms. The lowest BCUT2D eigenvalue weighted by molar-refractivity contribution is -0.120. The highest BCUT2D eigenvalue weighted by Gasteiger charge is 2.03. The molecule has 0 fully saturated rings. The molecular formula is C13H22N2OS. The number of hydrogen-bond donors (Lipinski definition) is 1. The van der Waals surface area contributed by atoms with E-state index in [-0.39, 0.29) is 5.91 Å². The van der Waals surface area contributed by atoms with Gasteiger partial charge in [0.1, 0.15) is 0 Å². The predicted molar refractivity (Wildman–Crippen MR) is 72.2 cm³/mol. The third-order valence-corrected chi connectivity index (χ3v) is 3.31. The quantitative estimate of drug-likeness (QED) is 0.688. The minimum absolute atomic E-state index is 0.0875. The van der Waals surface area contributed by atoms with Gasteiger partial charge in [0, 0.05) is 11.9 Å². The Morgan fingerprint density at radius 2 is 2.06 bits per heavy atom. The van der Waals surface area contributed by atoms with Crippen molar-refractivity contribution in [2.45, 2.75) is 51.9 Å². The second-order valence-electron chi connectivity index (χ2n) is 4.27. The first-order valence-corrected chi connectivity index (χ1v) is 7.41. The van der Waals surface area contributed by atoms with Crippen LogP contribution in [0, 0.1) is 0 Å². The van der Waals surface area contributed by atoms with Gasteiger partial charge in [-0.15, -0.1) is 11.3 Å². The molecule has 1 rings (SSSR count). The molecular weight excluding hydrogens is 232 g/mol. The Morgan fingerprint density at radius 3 is 2.76 bits per heavy atom. The Hall–Kier alpha value is -0.900. The largest absolute Gasteiger partial charge is 0.356 e. The molecule has 0 saturated heterocycles. The molecule has 0 aliphatic carbocycles. The van der Waals surface area contributed by atoms with Crippen LogP contribution in [-0.4, -0.2) is 17.4 Å². The van der Waals surface area contributed by atoms with Gasteiger partial charge in [-0.1, -0.05) is 39.0 Å². The Morgan fingerprint density at radius 1 is 1.29 bits per heavy atom. The number of amides is 1. The van der Waals surface area contributed by atoms with Gasteiger partial charge in [-0.25, -0.2) is 4.98 Å². The summed E-state index contributed by atoms with van der Waals surface area (Å²) in [6.07, 6.45) is 7.95. The van der Waals surface area contributed by atoms with Gasteiger partial charge in [-0.3, -0.25) is 4.79 Å². The van der Waals surface area contributed by atoms with Crippen molar-refractivity contribution < 1.29 is 4.79 Å². The summed E-state index contributed by atoms with van der Waals surface area (Å²) in [5.74, 6) is 0.0875. The fourth-order valence-electron chi connectivity index (χ4n) is 1.68. The van der Waals surface area contributed by atoms with E-state index >= 15 is 0 Å². The summed E-state index contributed by atoms with van der Waals surface area (Å²) in [5, 5.41) is 4.86. The molecule has 0 unspecified atom stereocenters. The van der Waals surface area contributed by atoms with Crippen LogP contribution in [0.15, 0.2) is 10.9 Å². The lowest BCUT2D eigenvalue weighted by atomic mass is 10.1. The molecule has 0 radical (unpaired) electrons. The van der Waals surface area contributed by atoms with E-state index in [0.717, 1.165) is 18.7 Å². The van der Waals surface area contributed by atoms with Crippen LogP contribution in [0.5, 0.6) is 0 Å². The molecule has 96 valence electrons. The van der Waals surface area contributed by atoms with E-state index in [1.807, 2.05) is 5.38 Å². The Labute approximate surface area is 108 Å². The second-order valence-corrected chi connectivity index (χ2v) is 4.99. The van der Waals surface area contributed by atoms with Gasteiger partial charge >= 0.3 is 0 Å². The first-order valence-electron chi connectivity index (χ1n) is 6.46. The standard InChI is InChI=1S/C13H22N2OS/c1-2-3-4-5-6-7-8-14-13(16)9-12-10-17-11-15-12/h10-11H,2-9H2,1H3,(H,14,16). The first kappa shape index (κ1) is 14.2. The zero-order valence-corrected chi connectivity index (χ0v) is 11.4. The molecule has 0 spiro atoms. The van der Waals surface area contributed by atoms with Crippen molar-refractivity contribution >= 4 is 17.2 Å². The van der Waals surface area contributed by atoms with Gasteiger partial charge in [0.2, 0.25) is 5.91 Å². The maximum absolute atomic E-state index is 11.5. The van der Waals surface area contributed by atoms with Crippen LogP contribution >= 0.6 is 11.3 Å². The minimum Gasteiger partial charge on any atom is -0.356 e. The maximum atomic E-state index is 11.5. The van der Waals surface area contributed by atoms with E-state index in [1.165, 1.54) is 43.4 Å². The molecule has 0 aliphatic rings. The molecule has 0 aromatic carbocycles. The van der Waals surface area contributed by atoms with E-state index in [1.54, 1.807) is 5.51 Å². The Bertz CT molecular complexity index is 298. The van der Waals surface area contributed by atoms with Crippen molar-refractivity contribution in [2.24, 2.45) is 0 Å². The van der Waals surface area contributed by atoms with Gasteiger partial charge in [-0.05, 0) is 6.42 Å². The summed E-state index contributed by atoms with van der Waals surface area (Å²) in [4.78, 5) is 15.6. The summed E-state index contributed by atoms with van der Waals surface area (Å²) < 4.78 is 0. The molecule has 1 N–H and O–H groups in total. The summed E-state index contributed by atoms with van der Waals surface area (Å²) in [6.45, 7) is 3.02. The van der Waals surface area contributed by atoms with Crippen molar-refractivity contribution in [1.82, 2.24) is 10.3 Å². The number of nitrogens with zero attached hydrogens (tertiary/aromatic N) is 1. The number of unbranched alkanes of at least 4 members (excludes halogenated alkanes) is 5. The highest BCUT2D eigenvalue weighted by Crippen LogP contribution is 2.04. The molecule has 0 atom stereocenters. The Balaban J connectivity index is 1.94. The highest BCUT2D eigenvalue weighted by atomic mass is 32.1. The smallest absolute Gasteiger partial charge is 0.226 e. The molecule has 1 heterocycles. The lowest BCUT2D eigenvalue weighted by Gasteiger charge is -2.04. The third-order valence-electron chi connectivity index (χ3n) is 2.68. The Kier molecular flexibility index (Phi) is 7.63. The zero-order valence-electron chi connectivity index (χ0n) is 10.6. The predicted octanol–water partition coefficient (Wildman–Crippen LogP) is 3.16. The van der Waals surface area contributed by atoms with Crippen molar-refractivity contribution in [3.05, 3.63) is 16.6 Å². The number of rotatable bonds is 9. The summed E-state index contributed by atoms with van der Waals surface area (Å²) in [5.41, 5.74) is 2.63. The van der Waals surface area contributed by atoms with E-state index in [9.17, 15) is 4.79 Å².